The topological polar surface area (TPSA) is 60.9 Å². The van der Waals surface area contributed by atoms with E-state index < -0.39 is 5.82 Å². The molecule has 1 aromatic carbocycles. The number of halogens is 1. The number of amides is 1. The second-order valence-electron chi connectivity index (χ2n) is 7.11. The van der Waals surface area contributed by atoms with Crippen molar-refractivity contribution in [3.05, 3.63) is 60.2 Å². The van der Waals surface area contributed by atoms with Crippen molar-refractivity contribution in [3.63, 3.8) is 0 Å². The molecule has 29 heavy (non-hydrogen) atoms. The van der Waals surface area contributed by atoms with Gasteiger partial charge in [-0.15, -0.1) is 0 Å². The Bertz CT molecular complexity index is 868. The second kappa shape index (κ2) is 9.15. The number of hydrogen-bond donors (Lipinski definition) is 0. The number of rotatable bonds is 5. The molecule has 2 aliphatic heterocycles. The van der Waals surface area contributed by atoms with Crippen LogP contribution in [0.4, 0.5) is 4.39 Å². The van der Waals surface area contributed by atoms with Crippen LogP contribution in [0.25, 0.3) is 6.08 Å². The van der Waals surface area contributed by atoms with Gasteiger partial charge in [-0.25, -0.2) is 4.39 Å². The number of carbonyl (C=O) groups is 1. The third kappa shape index (κ3) is 4.99. The molecule has 3 heterocycles. The van der Waals surface area contributed by atoms with E-state index in [-0.39, 0.29) is 23.9 Å². The molecule has 0 radical (unpaired) electrons. The summed E-state index contributed by atoms with van der Waals surface area (Å²) >= 11 is 0. The lowest BCUT2D eigenvalue weighted by Crippen LogP contribution is -2.43. The van der Waals surface area contributed by atoms with Crippen LogP contribution in [-0.2, 0) is 14.3 Å². The molecule has 2 saturated heterocycles. The normalized spacial score (nSPS) is 20.3. The smallest absolute Gasteiger partial charge is 0.246 e. The molecule has 2 aromatic rings. The average molecular weight is 398 g/mol. The van der Waals surface area contributed by atoms with E-state index in [4.69, 9.17) is 14.2 Å². The number of ether oxygens (including phenoxy) is 3. The number of pyridine rings is 1. The van der Waals surface area contributed by atoms with Gasteiger partial charge in [0, 0.05) is 31.3 Å². The molecular weight excluding hydrogens is 375 g/mol. The summed E-state index contributed by atoms with van der Waals surface area (Å²) in [5.41, 5.74) is 0.588. The Kier molecular flexibility index (Phi) is 6.17. The minimum absolute atomic E-state index is 0.0937. The molecule has 6 nitrogen and oxygen atoms in total. The van der Waals surface area contributed by atoms with Crippen LogP contribution in [0.15, 0.2) is 48.8 Å². The maximum absolute atomic E-state index is 14.3. The van der Waals surface area contributed by atoms with Crippen molar-refractivity contribution in [3.8, 4) is 11.5 Å². The van der Waals surface area contributed by atoms with Crippen molar-refractivity contribution < 1.29 is 23.4 Å². The standard InChI is InChI=1S/C22H23FN2O4/c23-19-13-16(5-7-20(19)29-18-4-1-9-24-14-18)6-8-21(26)25-10-2-3-17(15-25)22-27-11-12-28-22/h1,4-9,13-14,17,22H,2-3,10-12,15H2/b8-6+. The Balaban J connectivity index is 1.36. The zero-order chi connectivity index (χ0) is 20.1. The second-order valence-corrected chi connectivity index (χ2v) is 7.11. The molecule has 1 atom stereocenters. The minimum Gasteiger partial charge on any atom is -0.453 e. The third-order valence-electron chi connectivity index (χ3n) is 5.04. The van der Waals surface area contributed by atoms with Gasteiger partial charge in [0.25, 0.3) is 0 Å². The number of nitrogens with zero attached hydrogens (tertiary/aromatic N) is 2. The lowest BCUT2D eigenvalue weighted by molar-refractivity contribution is -0.134. The fourth-order valence-corrected chi connectivity index (χ4v) is 3.59. The molecule has 4 rings (SSSR count). The van der Waals surface area contributed by atoms with Gasteiger partial charge in [0.2, 0.25) is 5.91 Å². The summed E-state index contributed by atoms with van der Waals surface area (Å²) in [7, 11) is 0. The molecule has 0 bridgehead atoms. The summed E-state index contributed by atoms with van der Waals surface area (Å²) in [6.07, 6.45) is 7.92. The van der Waals surface area contributed by atoms with Crippen molar-refractivity contribution >= 4 is 12.0 Å². The van der Waals surface area contributed by atoms with E-state index in [0.717, 1.165) is 12.8 Å². The van der Waals surface area contributed by atoms with Gasteiger partial charge in [-0.3, -0.25) is 9.78 Å². The first-order valence-corrected chi connectivity index (χ1v) is 9.77. The first-order valence-electron chi connectivity index (χ1n) is 9.77. The molecule has 7 heteroatoms. The van der Waals surface area contributed by atoms with Crippen LogP contribution in [0.1, 0.15) is 18.4 Å². The van der Waals surface area contributed by atoms with Crippen molar-refractivity contribution in [2.75, 3.05) is 26.3 Å². The number of carbonyl (C=O) groups excluding carboxylic acids is 1. The number of likely N-dealkylation sites (tertiary alicyclic amines) is 1. The lowest BCUT2D eigenvalue weighted by atomic mass is 9.97. The number of hydrogen-bond acceptors (Lipinski definition) is 5. The van der Waals surface area contributed by atoms with Gasteiger partial charge in [0.1, 0.15) is 5.75 Å². The quantitative estimate of drug-likeness (QED) is 0.720. The zero-order valence-electron chi connectivity index (χ0n) is 16.0. The van der Waals surface area contributed by atoms with Crippen LogP contribution in [0, 0.1) is 11.7 Å². The summed E-state index contributed by atoms with van der Waals surface area (Å²) in [5.74, 6) is 0.169. The van der Waals surface area contributed by atoms with Crippen molar-refractivity contribution in [1.82, 2.24) is 9.88 Å². The Hall–Kier alpha value is -2.77. The predicted octanol–water partition coefficient (Wildman–Crippen LogP) is 3.64. The van der Waals surface area contributed by atoms with Crippen LogP contribution in [0.5, 0.6) is 11.5 Å². The van der Waals surface area contributed by atoms with Crippen LogP contribution in [0.3, 0.4) is 0 Å². The van der Waals surface area contributed by atoms with E-state index in [1.54, 1.807) is 35.4 Å². The van der Waals surface area contributed by atoms with E-state index in [1.807, 2.05) is 0 Å². The summed E-state index contributed by atoms with van der Waals surface area (Å²) in [5, 5.41) is 0. The molecule has 1 amide bonds. The molecule has 0 spiro atoms. The van der Waals surface area contributed by atoms with E-state index in [1.165, 1.54) is 24.4 Å². The summed E-state index contributed by atoms with van der Waals surface area (Å²) in [6, 6.07) is 8.00. The number of aromatic nitrogens is 1. The molecular formula is C22H23FN2O4. The highest BCUT2D eigenvalue weighted by Gasteiger charge is 2.32. The van der Waals surface area contributed by atoms with Crippen molar-refractivity contribution in [1.29, 1.82) is 0 Å². The van der Waals surface area contributed by atoms with E-state index >= 15 is 0 Å². The van der Waals surface area contributed by atoms with Gasteiger partial charge in [0.05, 0.1) is 19.4 Å². The summed E-state index contributed by atoms with van der Waals surface area (Å²) in [4.78, 5) is 18.3. The van der Waals surface area contributed by atoms with E-state index in [2.05, 4.69) is 4.98 Å². The minimum atomic E-state index is -0.503. The molecule has 0 aliphatic carbocycles. The average Bonchev–Trinajstić information content (AvgIpc) is 3.30. The SMILES string of the molecule is O=C(/C=C/c1ccc(Oc2cccnc2)c(F)c1)N1CCCC(C2OCCO2)C1. The molecule has 152 valence electrons. The van der Waals surface area contributed by atoms with Crippen LogP contribution in [0.2, 0.25) is 0 Å². The van der Waals surface area contributed by atoms with E-state index in [9.17, 15) is 9.18 Å². The molecule has 2 aliphatic rings. The summed E-state index contributed by atoms with van der Waals surface area (Å²) < 4.78 is 31.0. The van der Waals surface area contributed by atoms with E-state index in [0.29, 0.717) is 37.6 Å². The van der Waals surface area contributed by atoms with Gasteiger partial charge < -0.3 is 19.1 Å². The highest BCUT2D eigenvalue weighted by Crippen LogP contribution is 2.26. The van der Waals surface area contributed by atoms with Crippen molar-refractivity contribution in [2.45, 2.75) is 19.1 Å². The van der Waals surface area contributed by atoms with Gasteiger partial charge >= 0.3 is 0 Å². The molecule has 1 unspecified atom stereocenters. The van der Waals surface area contributed by atoms with Gasteiger partial charge in [-0.05, 0) is 48.7 Å². The zero-order valence-corrected chi connectivity index (χ0v) is 16.0. The van der Waals surface area contributed by atoms with Gasteiger partial charge in [-0.2, -0.15) is 0 Å². The Labute approximate surface area is 168 Å². The van der Waals surface area contributed by atoms with Gasteiger partial charge in [0.15, 0.2) is 17.9 Å². The van der Waals surface area contributed by atoms with Gasteiger partial charge in [-0.1, -0.05) is 6.07 Å². The summed E-state index contributed by atoms with van der Waals surface area (Å²) in [6.45, 7) is 2.54. The number of benzene rings is 1. The lowest BCUT2D eigenvalue weighted by Gasteiger charge is -2.34. The monoisotopic (exact) mass is 398 g/mol. The molecule has 1 aromatic heterocycles. The predicted molar refractivity (Wildman–Crippen MR) is 105 cm³/mol. The highest BCUT2D eigenvalue weighted by molar-refractivity contribution is 5.91. The third-order valence-corrected chi connectivity index (χ3v) is 5.04. The Morgan fingerprint density at radius 1 is 1.28 bits per heavy atom. The van der Waals surface area contributed by atoms with Crippen LogP contribution < -0.4 is 4.74 Å². The molecule has 2 fully saturated rings. The first-order chi connectivity index (χ1) is 14.2. The Morgan fingerprint density at radius 3 is 2.90 bits per heavy atom. The fourth-order valence-electron chi connectivity index (χ4n) is 3.59. The highest BCUT2D eigenvalue weighted by atomic mass is 19.1. The largest absolute Gasteiger partial charge is 0.453 e. The molecule has 0 saturated carbocycles. The van der Waals surface area contributed by atoms with Crippen molar-refractivity contribution in [2.24, 2.45) is 5.92 Å². The fraction of sp³-hybridized carbons (Fsp3) is 0.364. The molecule has 0 N–H and O–H groups in total. The van der Waals surface area contributed by atoms with Crippen LogP contribution >= 0.6 is 0 Å². The first kappa shape index (κ1) is 19.5. The number of piperidine rings is 1. The Morgan fingerprint density at radius 2 is 2.14 bits per heavy atom. The maximum atomic E-state index is 14.3. The van der Waals surface area contributed by atoms with Crippen LogP contribution in [-0.4, -0.2) is 48.4 Å². The maximum Gasteiger partial charge on any atom is 0.246 e.